The van der Waals surface area contributed by atoms with Crippen LogP contribution in [0.5, 0.6) is 0 Å². The van der Waals surface area contributed by atoms with Crippen LogP contribution in [-0.4, -0.2) is 32.3 Å². The van der Waals surface area contributed by atoms with E-state index in [-0.39, 0.29) is 18.4 Å². The van der Waals surface area contributed by atoms with E-state index in [4.69, 9.17) is 16.0 Å². The first-order valence-electron chi connectivity index (χ1n) is 11.0. The molecule has 9 heteroatoms. The van der Waals surface area contributed by atoms with E-state index in [2.05, 4.69) is 15.6 Å². The highest BCUT2D eigenvalue weighted by Crippen LogP contribution is 2.31. The summed E-state index contributed by atoms with van der Waals surface area (Å²) in [6, 6.07) is 16.5. The van der Waals surface area contributed by atoms with Crippen LogP contribution in [0.4, 0.5) is 5.69 Å². The number of rotatable bonds is 8. The number of benzene rings is 2. The molecule has 0 aliphatic heterocycles. The van der Waals surface area contributed by atoms with Crippen LogP contribution in [-0.2, 0) is 16.1 Å². The third-order valence-corrected chi connectivity index (χ3v) is 5.96. The van der Waals surface area contributed by atoms with E-state index < -0.39 is 11.6 Å². The van der Waals surface area contributed by atoms with Gasteiger partial charge < -0.3 is 9.73 Å². The predicted octanol–water partition coefficient (Wildman–Crippen LogP) is 4.76. The smallest absolute Gasteiger partial charge is 0.251 e. The number of carbonyl (C=O) groups excluding carboxylic acids is 2. The Bertz CT molecular complexity index is 1300. The van der Waals surface area contributed by atoms with Crippen molar-refractivity contribution in [3.63, 3.8) is 0 Å². The molecule has 0 bridgehead atoms. The maximum atomic E-state index is 13.8. The number of para-hydroxylation sites is 1. The highest BCUT2D eigenvalue weighted by Gasteiger charge is 2.37. The molecule has 1 N–H and O–H groups in total. The third kappa shape index (κ3) is 4.97. The molecule has 0 unspecified atom stereocenters. The summed E-state index contributed by atoms with van der Waals surface area (Å²) >= 11 is 6.26. The average Bonchev–Trinajstić information content (AvgIpc) is 3.47. The second-order valence-corrected chi connectivity index (χ2v) is 9.06. The summed E-state index contributed by atoms with van der Waals surface area (Å²) < 4.78 is 7.15. The Labute approximate surface area is 202 Å². The second kappa shape index (κ2) is 9.69. The first-order chi connectivity index (χ1) is 16.3. The Kier molecular flexibility index (Phi) is 6.70. The molecular weight excluding hydrogens is 454 g/mol. The summed E-state index contributed by atoms with van der Waals surface area (Å²) in [7, 11) is 0. The van der Waals surface area contributed by atoms with Crippen molar-refractivity contribution in [1.29, 1.82) is 0 Å². The minimum absolute atomic E-state index is 0.130. The SMILES string of the molecule is CCC(C)(C)NC(=O)[C@@H](c1ccco1)N(C(=O)Cn1nnc2ccccc21)c1cccc(Cl)c1. The fourth-order valence-electron chi connectivity index (χ4n) is 3.61. The first kappa shape index (κ1) is 23.5. The predicted molar refractivity (Wildman–Crippen MR) is 130 cm³/mol. The Morgan fingerprint density at radius 3 is 2.65 bits per heavy atom. The molecule has 2 amide bonds. The van der Waals surface area contributed by atoms with Crippen molar-refractivity contribution in [2.75, 3.05) is 4.90 Å². The number of amides is 2. The van der Waals surface area contributed by atoms with Crippen LogP contribution in [0, 0.1) is 0 Å². The van der Waals surface area contributed by atoms with E-state index >= 15 is 0 Å². The minimum atomic E-state index is -1.05. The number of hydrogen-bond donors (Lipinski definition) is 1. The standard InChI is InChI=1S/C25H26ClN5O3/c1-4-25(2,3)27-24(33)23(21-13-8-14-34-21)31(18-10-7-9-17(26)15-18)22(32)16-30-20-12-6-5-11-19(20)28-29-30/h5-15,23H,4,16H2,1-3H3,(H,27,33)/t23-/m1/s1. The molecule has 0 aliphatic carbocycles. The first-order valence-corrected chi connectivity index (χ1v) is 11.4. The van der Waals surface area contributed by atoms with Crippen LogP contribution in [0.1, 0.15) is 39.0 Å². The highest BCUT2D eigenvalue weighted by molar-refractivity contribution is 6.31. The average molecular weight is 480 g/mol. The lowest BCUT2D eigenvalue weighted by Gasteiger charge is -2.33. The van der Waals surface area contributed by atoms with Crippen molar-refractivity contribution in [2.45, 2.75) is 45.3 Å². The third-order valence-electron chi connectivity index (χ3n) is 5.73. The van der Waals surface area contributed by atoms with Crippen LogP contribution >= 0.6 is 11.6 Å². The summed E-state index contributed by atoms with van der Waals surface area (Å²) in [6.45, 7) is 5.71. The number of halogens is 1. The maximum absolute atomic E-state index is 13.8. The molecule has 176 valence electrons. The Morgan fingerprint density at radius 2 is 1.94 bits per heavy atom. The van der Waals surface area contributed by atoms with Gasteiger partial charge in [0.15, 0.2) is 6.04 Å². The van der Waals surface area contributed by atoms with Crippen molar-refractivity contribution in [2.24, 2.45) is 0 Å². The molecule has 8 nitrogen and oxygen atoms in total. The van der Waals surface area contributed by atoms with Gasteiger partial charge in [0.2, 0.25) is 5.91 Å². The lowest BCUT2D eigenvalue weighted by Crippen LogP contribution is -2.51. The van der Waals surface area contributed by atoms with Gasteiger partial charge in [0.1, 0.15) is 17.8 Å². The molecule has 0 fully saturated rings. The van der Waals surface area contributed by atoms with Gasteiger partial charge >= 0.3 is 0 Å². The van der Waals surface area contributed by atoms with Crippen molar-refractivity contribution >= 4 is 40.1 Å². The lowest BCUT2D eigenvalue weighted by atomic mass is 10.0. The zero-order chi connectivity index (χ0) is 24.3. The maximum Gasteiger partial charge on any atom is 0.251 e. The normalized spacial score (nSPS) is 12.5. The molecule has 0 radical (unpaired) electrons. The fraction of sp³-hybridized carbons (Fsp3) is 0.280. The summed E-state index contributed by atoms with van der Waals surface area (Å²) in [6.07, 6.45) is 2.19. The monoisotopic (exact) mass is 479 g/mol. The minimum Gasteiger partial charge on any atom is -0.467 e. The largest absolute Gasteiger partial charge is 0.467 e. The zero-order valence-corrected chi connectivity index (χ0v) is 20.0. The molecule has 1 atom stereocenters. The molecule has 34 heavy (non-hydrogen) atoms. The second-order valence-electron chi connectivity index (χ2n) is 8.62. The van der Waals surface area contributed by atoms with E-state index in [0.717, 1.165) is 0 Å². The highest BCUT2D eigenvalue weighted by atomic mass is 35.5. The van der Waals surface area contributed by atoms with Crippen molar-refractivity contribution in [3.05, 3.63) is 77.7 Å². The molecule has 2 heterocycles. The number of hydrogen-bond acceptors (Lipinski definition) is 5. The van der Waals surface area contributed by atoms with Crippen molar-refractivity contribution in [1.82, 2.24) is 20.3 Å². The van der Waals surface area contributed by atoms with Gasteiger partial charge in [-0.2, -0.15) is 0 Å². The summed E-state index contributed by atoms with van der Waals surface area (Å²) in [5, 5.41) is 11.7. The van der Waals surface area contributed by atoms with E-state index in [1.807, 2.05) is 45.0 Å². The van der Waals surface area contributed by atoms with Gasteiger partial charge in [0.25, 0.3) is 5.91 Å². The molecule has 0 saturated carbocycles. The van der Waals surface area contributed by atoms with Gasteiger partial charge in [0.05, 0.1) is 11.8 Å². The van der Waals surface area contributed by atoms with E-state index in [9.17, 15) is 9.59 Å². The number of furan rings is 1. The quantitative estimate of drug-likeness (QED) is 0.393. The Hall–Kier alpha value is -3.65. The van der Waals surface area contributed by atoms with Crippen LogP contribution in [0.15, 0.2) is 71.3 Å². The molecule has 4 rings (SSSR count). The van der Waals surface area contributed by atoms with Crippen molar-refractivity contribution < 1.29 is 14.0 Å². The molecule has 2 aromatic carbocycles. The van der Waals surface area contributed by atoms with Gasteiger partial charge in [0, 0.05) is 16.2 Å². The number of fused-ring (bicyclic) bond motifs is 1. The van der Waals surface area contributed by atoms with Crippen molar-refractivity contribution in [3.8, 4) is 0 Å². The molecule has 2 aromatic heterocycles. The number of carbonyl (C=O) groups is 2. The molecule has 0 aliphatic rings. The van der Waals surface area contributed by atoms with Crippen LogP contribution < -0.4 is 10.2 Å². The van der Waals surface area contributed by atoms with Gasteiger partial charge in [-0.3, -0.25) is 14.5 Å². The van der Waals surface area contributed by atoms with E-state index in [1.165, 1.54) is 15.8 Å². The van der Waals surface area contributed by atoms with Crippen LogP contribution in [0.2, 0.25) is 5.02 Å². The lowest BCUT2D eigenvalue weighted by molar-refractivity contribution is -0.128. The topological polar surface area (TPSA) is 93.3 Å². The van der Waals surface area contributed by atoms with Gasteiger partial charge in [-0.1, -0.05) is 41.9 Å². The molecular formula is C25H26ClN5O3. The number of anilines is 1. The van der Waals surface area contributed by atoms with Crippen LogP contribution in [0.3, 0.4) is 0 Å². The zero-order valence-electron chi connectivity index (χ0n) is 19.2. The Morgan fingerprint density at radius 1 is 1.15 bits per heavy atom. The van der Waals surface area contributed by atoms with Crippen LogP contribution in [0.25, 0.3) is 11.0 Å². The van der Waals surface area contributed by atoms with Gasteiger partial charge in [-0.05, 0) is 62.7 Å². The molecule has 4 aromatic rings. The van der Waals surface area contributed by atoms with E-state index in [1.54, 1.807) is 36.4 Å². The molecule has 0 saturated heterocycles. The number of aromatic nitrogens is 3. The Balaban J connectivity index is 1.78. The molecule has 0 spiro atoms. The van der Waals surface area contributed by atoms with Gasteiger partial charge in [-0.15, -0.1) is 5.10 Å². The van der Waals surface area contributed by atoms with Gasteiger partial charge in [-0.25, -0.2) is 4.68 Å². The summed E-state index contributed by atoms with van der Waals surface area (Å²) in [4.78, 5) is 28.8. The van der Waals surface area contributed by atoms with E-state index in [0.29, 0.717) is 33.9 Å². The fourth-order valence-corrected chi connectivity index (χ4v) is 3.80. The summed E-state index contributed by atoms with van der Waals surface area (Å²) in [5.74, 6) is -0.400. The number of nitrogens with one attached hydrogen (secondary N) is 1. The number of nitrogens with zero attached hydrogens (tertiary/aromatic N) is 4. The summed E-state index contributed by atoms with van der Waals surface area (Å²) in [5.41, 5.74) is 1.38.